The van der Waals surface area contributed by atoms with Crippen LogP contribution < -0.4 is 16.0 Å². The highest BCUT2D eigenvalue weighted by Gasteiger charge is 2.28. The molecule has 10 heteroatoms. The smallest absolute Gasteiger partial charge is 0.319 e. The van der Waals surface area contributed by atoms with E-state index in [1.165, 1.54) is 0 Å². The monoisotopic (exact) mass is 406 g/mol. The van der Waals surface area contributed by atoms with Crippen molar-refractivity contribution in [3.8, 4) is 11.4 Å². The maximum absolute atomic E-state index is 12.1. The first-order valence-electron chi connectivity index (χ1n) is 9.74. The molecule has 2 aromatic heterocycles. The van der Waals surface area contributed by atoms with Crippen LogP contribution in [0.25, 0.3) is 11.4 Å². The number of carbonyl (C=O) groups excluding carboxylic acids is 2. The molecule has 1 aromatic carbocycles. The summed E-state index contributed by atoms with van der Waals surface area (Å²) >= 11 is 0. The molecular weight excluding hydrogens is 384 g/mol. The summed E-state index contributed by atoms with van der Waals surface area (Å²) in [6.45, 7) is 2.13. The molecule has 1 fully saturated rings. The molecule has 3 N–H and O–H groups in total. The number of pyridine rings is 1. The van der Waals surface area contributed by atoms with Gasteiger partial charge in [-0.2, -0.15) is 0 Å². The number of carbonyl (C=O) groups is 2. The molecule has 1 aliphatic rings. The Hall–Kier alpha value is -3.82. The van der Waals surface area contributed by atoms with Crippen molar-refractivity contribution in [2.24, 2.45) is 0 Å². The number of urea groups is 1. The Morgan fingerprint density at radius 2 is 1.90 bits per heavy atom. The minimum absolute atomic E-state index is 0.145. The number of amides is 3. The van der Waals surface area contributed by atoms with Gasteiger partial charge in [0, 0.05) is 30.4 Å². The Bertz CT molecular complexity index is 1030. The SMILES string of the molecule is Cc1ccc(NC(=O)CCNC(=O)Nc2ccc(-c3nnnn3C3CC3)cc2)nc1. The summed E-state index contributed by atoms with van der Waals surface area (Å²) in [7, 11) is 0. The van der Waals surface area contributed by atoms with Crippen LogP contribution >= 0.6 is 0 Å². The normalized spacial score (nSPS) is 13.0. The van der Waals surface area contributed by atoms with Crippen molar-refractivity contribution >= 4 is 23.4 Å². The lowest BCUT2D eigenvalue weighted by Crippen LogP contribution is -2.31. The Labute approximate surface area is 173 Å². The zero-order valence-electron chi connectivity index (χ0n) is 16.5. The average Bonchev–Trinajstić information content (AvgIpc) is 3.47. The molecule has 2 heterocycles. The van der Waals surface area contributed by atoms with Crippen LogP contribution in [0.5, 0.6) is 0 Å². The first kappa shape index (κ1) is 19.5. The summed E-state index contributed by atoms with van der Waals surface area (Å²) < 4.78 is 1.84. The number of aryl methyl sites for hydroxylation is 1. The van der Waals surface area contributed by atoms with E-state index in [1.54, 1.807) is 24.4 Å². The molecule has 1 aliphatic carbocycles. The number of nitrogens with zero attached hydrogens (tertiary/aromatic N) is 5. The predicted molar refractivity (Wildman–Crippen MR) is 111 cm³/mol. The van der Waals surface area contributed by atoms with Gasteiger partial charge in [0.25, 0.3) is 0 Å². The van der Waals surface area contributed by atoms with E-state index in [4.69, 9.17) is 0 Å². The lowest BCUT2D eigenvalue weighted by molar-refractivity contribution is -0.116. The molecule has 0 spiro atoms. The third-order valence-corrected chi connectivity index (χ3v) is 4.60. The van der Waals surface area contributed by atoms with Crippen molar-refractivity contribution in [3.63, 3.8) is 0 Å². The minimum Gasteiger partial charge on any atom is -0.337 e. The van der Waals surface area contributed by atoms with Crippen LogP contribution in [0.4, 0.5) is 16.3 Å². The van der Waals surface area contributed by atoms with Gasteiger partial charge in [-0.05, 0) is 66.1 Å². The lowest BCUT2D eigenvalue weighted by atomic mass is 10.2. The topological polar surface area (TPSA) is 127 Å². The highest BCUT2D eigenvalue weighted by atomic mass is 16.2. The van der Waals surface area contributed by atoms with Gasteiger partial charge < -0.3 is 16.0 Å². The van der Waals surface area contributed by atoms with E-state index in [-0.39, 0.29) is 24.9 Å². The molecule has 3 amide bonds. The molecule has 1 saturated carbocycles. The van der Waals surface area contributed by atoms with Crippen LogP contribution in [0.3, 0.4) is 0 Å². The Balaban J connectivity index is 1.22. The Morgan fingerprint density at radius 1 is 1.10 bits per heavy atom. The maximum Gasteiger partial charge on any atom is 0.319 e. The van der Waals surface area contributed by atoms with Crippen molar-refractivity contribution in [1.82, 2.24) is 30.5 Å². The van der Waals surface area contributed by atoms with Crippen LogP contribution in [0, 0.1) is 6.92 Å². The van der Waals surface area contributed by atoms with Crippen LogP contribution in [0.15, 0.2) is 42.6 Å². The molecule has 3 aromatic rings. The Kier molecular flexibility index (Phi) is 5.64. The van der Waals surface area contributed by atoms with Crippen molar-refractivity contribution in [2.45, 2.75) is 32.2 Å². The lowest BCUT2D eigenvalue weighted by Gasteiger charge is -2.09. The van der Waals surface area contributed by atoms with E-state index in [1.807, 2.05) is 29.8 Å². The third-order valence-electron chi connectivity index (χ3n) is 4.60. The molecule has 10 nitrogen and oxygen atoms in total. The summed E-state index contributed by atoms with van der Waals surface area (Å²) in [5.74, 6) is 0.995. The molecule has 154 valence electrons. The molecule has 30 heavy (non-hydrogen) atoms. The van der Waals surface area contributed by atoms with Gasteiger partial charge in [-0.25, -0.2) is 14.5 Å². The number of nitrogens with one attached hydrogen (secondary N) is 3. The van der Waals surface area contributed by atoms with Crippen molar-refractivity contribution < 1.29 is 9.59 Å². The molecule has 0 unspecified atom stereocenters. The number of anilines is 2. The van der Waals surface area contributed by atoms with Crippen LogP contribution in [-0.2, 0) is 4.79 Å². The second-order valence-electron chi connectivity index (χ2n) is 7.16. The fourth-order valence-corrected chi connectivity index (χ4v) is 2.86. The largest absolute Gasteiger partial charge is 0.337 e. The Morgan fingerprint density at radius 3 is 2.60 bits per heavy atom. The van der Waals surface area contributed by atoms with Crippen molar-refractivity contribution in [3.05, 3.63) is 48.2 Å². The number of benzene rings is 1. The minimum atomic E-state index is -0.383. The van der Waals surface area contributed by atoms with Crippen LogP contribution in [0.2, 0.25) is 0 Å². The summed E-state index contributed by atoms with van der Waals surface area (Å²) in [5.41, 5.74) is 2.54. The fraction of sp³-hybridized carbons (Fsp3) is 0.300. The molecule has 0 atom stereocenters. The van der Waals surface area contributed by atoms with E-state index < -0.39 is 0 Å². The van der Waals surface area contributed by atoms with Gasteiger partial charge in [0.2, 0.25) is 5.91 Å². The zero-order chi connectivity index (χ0) is 20.9. The van der Waals surface area contributed by atoms with Gasteiger partial charge in [-0.3, -0.25) is 4.79 Å². The fourth-order valence-electron chi connectivity index (χ4n) is 2.86. The second-order valence-corrected chi connectivity index (χ2v) is 7.16. The predicted octanol–water partition coefficient (Wildman–Crippen LogP) is 2.53. The highest BCUT2D eigenvalue weighted by molar-refractivity contribution is 5.92. The first-order chi connectivity index (χ1) is 14.6. The number of hydrogen-bond acceptors (Lipinski definition) is 6. The number of tetrazole rings is 1. The summed E-state index contributed by atoms with van der Waals surface area (Å²) in [6.07, 6.45) is 4.01. The van der Waals surface area contributed by atoms with E-state index in [2.05, 4.69) is 36.5 Å². The average molecular weight is 406 g/mol. The van der Waals surface area contributed by atoms with E-state index in [9.17, 15) is 9.59 Å². The van der Waals surface area contributed by atoms with E-state index >= 15 is 0 Å². The zero-order valence-corrected chi connectivity index (χ0v) is 16.5. The van der Waals surface area contributed by atoms with Gasteiger partial charge in [0.05, 0.1) is 6.04 Å². The van der Waals surface area contributed by atoms with Gasteiger partial charge in [0.15, 0.2) is 5.82 Å². The van der Waals surface area contributed by atoms with Crippen LogP contribution in [-0.4, -0.2) is 43.7 Å². The number of hydrogen-bond donors (Lipinski definition) is 3. The molecule has 0 bridgehead atoms. The second kappa shape index (κ2) is 8.68. The standard InChI is InChI=1S/C20H22N8O2/c1-13-2-9-17(22-12-13)24-18(29)10-11-21-20(30)23-15-5-3-14(4-6-15)19-25-26-27-28(19)16-7-8-16/h2-6,9,12,16H,7-8,10-11H2,1H3,(H2,21,23,30)(H,22,24,29). The van der Waals surface area contributed by atoms with Crippen molar-refractivity contribution in [1.29, 1.82) is 0 Å². The van der Waals surface area contributed by atoms with Crippen LogP contribution in [0.1, 0.15) is 30.9 Å². The van der Waals surface area contributed by atoms with Crippen molar-refractivity contribution in [2.75, 3.05) is 17.2 Å². The third kappa shape index (κ3) is 4.96. The highest BCUT2D eigenvalue weighted by Crippen LogP contribution is 2.36. The quantitative estimate of drug-likeness (QED) is 0.553. The molecule has 0 aliphatic heterocycles. The van der Waals surface area contributed by atoms with Gasteiger partial charge in [0.1, 0.15) is 5.82 Å². The van der Waals surface area contributed by atoms with Gasteiger partial charge in [-0.1, -0.05) is 6.07 Å². The van der Waals surface area contributed by atoms with Gasteiger partial charge in [-0.15, -0.1) is 5.10 Å². The molecule has 0 radical (unpaired) electrons. The molecular formula is C20H22N8O2. The van der Waals surface area contributed by atoms with Gasteiger partial charge >= 0.3 is 6.03 Å². The van der Waals surface area contributed by atoms with E-state index in [0.29, 0.717) is 17.5 Å². The van der Waals surface area contributed by atoms with E-state index in [0.717, 1.165) is 29.8 Å². The number of aromatic nitrogens is 5. The maximum atomic E-state index is 12.1. The molecule has 4 rings (SSSR count). The molecule has 0 saturated heterocycles. The summed E-state index contributed by atoms with van der Waals surface area (Å²) in [4.78, 5) is 28.1. The number of rotatable bonds is 7. The summed E-state index contributed by atoms with van der Waals surface area (Å²) in [6, 6.07) is 10.9. The summed E-state index contributed by atoms with van der Waals surface area (Å²) in [5, 5.41) is 20.0. The first-order valence-corrected chi connectivity index (χ1v) is 9.74.